The van der Waals surface area contributed by atoms with Gasteiger partial charge in [0, 0.05) is 36.9 Å². The number of nitrogens with zero attached hydrogens (tertiary/aromatic N) is 2. The SMILES string of the molecule is OCC1CCc2cnc(C3CCNCC3)n2C1. The Morgan fingerprint density at radius 1 is 1.35 bits per heavy atom. The minimum Gasteiger partial charge on any atom is -0.396 e. The summed E-state index contributed by atoms with van der Waals surface area (Å²) in [6, 6.07) is 0. The Kier molecular flexibility index (Phi) is 3.16. The number of aliphatic hydroxyl groups excluding tert-OH is 1. The maximum Gasteiger partial charge on any atom is 0.112 e. The predicted octanol–water partition coefficient (Wildman–Crippen LogP) is 0.905. The normalized spacial score (nSPS) is 25.8. The van der Waals surface area contributed by atoms with Crippen molar-refractivity contribution >= 4 is 0 Å². The van der Waals surface area contributed by atoms with E-state index in [2.05, 4.69) is 14.9 Å². The molecule has 0 saturated carbocycles. The number of fused-ring (bicyclic) bond motifs is 1. The van der Waals surface area contributed by atoms with Gasteiger partial charge < -0.3 is 15.0 Å². The molecule has 0 amide bonds. The Bertz CT molecular complexity index is 382. The summed E-state index contributed by atoms with van der Waals surface area (Å²) >= 11 is 0. The van der Waals surface area contributed by atoms with Crippen LogP contribution in [0.1, 0.15) is 36.7 Å². The first kappa shape index (κ1) is 11.2. The van der Waals surface area contributed by atoms with E-state index in [9.17, 15) is 5.11 Å². The highest BCUT2D eigenvalue weighted by atomic mass is 16.3. The average molecular weight is 235 g/mol. The molecule has 17 heavy (non-hydrogen) atoms. The number of aryl methyl sites for hydroxylation is 1. The number of nitrogens with one attached hydrogen (secondary N) is 1. The molecule has 4 heteroatoms. The molecule has 1 fully saturated rings. The molecule has 2 N–H and O–H groups in total. The van der Waals surface area contributed by atoms with Crippen molar-refractivity contribution in [3.8, 4) is 0 Å². The van der Waals surface area contributed by atoms with Crippen molar-refractivity contribution in [3.05, 3.63) is 17.7 Å². The Morgan fingerprint density at radius 2 is 2.18 bits per heavy atom. The van der Waals surface area contributed by atoms with Gasteiger partial charge in [0.1, 0.15) is 5.82 Å². The van der Waals surface area contributed by atoms with Gasteiger partial charge >= 0.3 is 0 Å². The molecule has 1 unspecified atom stereocenters. The van der Waals surface area contributed by atoms with Crippen LogP contribution in [0.2, 0.25) is 0 Å². The number of hydrogen-bond donors (Lipinski definition) is 2. The van der Waals surface area contributed by atoms with Gasteiger partial charge in [0.2, 0.25) is 0 Å². The summed E-state index contributed by atoms with van der Waals surface area (Å²) in [5.74, 6) is 2.30. The van der Waals surface area contributed by atoms with Gasteiger partial charge in [-0.1, -0.05) is 0 Å². The second-order valence-corrected chi connectivity index (χ2v) is 5.33. The minimum absolute atomic E-state index is 0.309. The van der Waals surface area contributed by atoms with Gasteiger partial charge in [-0.15, -0.1) is 0 Å². The molecule has 2 aliphatic heterocycles. The average Bonchev–Trinajstić information content (AvgIpc) is 2.82. The molecule has 0 aromatic carbocycles. The molecule has 1 atom stereocenters. The highest BCUT2D eigenvalue weighted by molar-refractivity contribution is 5.13. The zero-order chi connectivity index (χ0) is 11.7. The topological polar surface area (TPSA) is 50.1 Å². The summed E-state index contributed by atoms with van der Waals surface area (Å²) in [6.45, 7) is 3.49. The molecule has 1 aromatic rings. The third-order valence-electron chi connectivity index (χ3n) is 4.18. The van der Waals surface area contributed by atoms with Gasteiger partial charge in [0.05, 0.1) is 0 Å². The molecule has 0 aliphatic carbocycles. The Hall–Kier alpha value is -0.870. The molecule has 0 bridgehead atoms. The fourth-order valence-electron chi connectivity index (χ4n) is 3.09. The molecule has 94 valence electrons. The fraction of sp³-hybridized carbons (Fsp3) is 0.769. The lowest BCUT2D eigenvalue weighted by atomic mass is 9.95. The second-order valence-electron chi connectivity index (χ2n) is 5.33. The van der Waals surface area contributed by atoms with Crippen LogP contribution in [0.4, 0.5) is 0 Å². The van der Waals surface area contributed by atoms with Crippen LogP contribution in [0.5, 0.6) is 0 Å². The van der Waals surface area contributed by atoms with Crippen LogP contribution >= 0.6 is 0 Å². The predicted molar refractivity (Wildman–Crippen MR) is 66.0 cm³/mol. The van der Waals surface area contributed by atoms with Crippen molar-refractivity contribution in [1.29, 1.82) is 0 Å². The van der Waals surface area contributed by atoms with Crippen LogP contribution in [0, 0.1) is 5.92 Å². The van der Waals surface area contributed by atoms with Crippen molar-refractivity contribution in [1.82, 2.24) is 14.9 Å². The van der Waals surface area contributed by atoms with Gasteiger partial charge in [-0.05, 0) is 38.8 Å². The van der Waals surface area contributed by atoms with E-state index in [1.54, 1.807) is 0 Å². The van der Waals surface area contributed by atoms with Gasteiger partial charge in [-0.3, -0.25) is 0 Å². The van der Waals surface area contributed by atoms with E-state index in [-0.39, 0.29) is 0 Å². The molecule has 3 heterocycles. The van der Waals surface area contributed by atoms with E-state index in [0.29, 0.717) is 18.4 Å². The first-order valence-electron chi connectivity index (χ1n) is 6.74. The summed E-state index contributed by atoms with van der Waals surface area (Å²) in [6.07, 6.45) is 6.61. The van der Waals surface area contributed by atoms with Gasteiger partial charge in [-0.2, -0.15) is 0 Å². The summed E-state index contributed by atoms with van der Waals surface area (Å²) in [5, 5.41) is 12.7. The minimum atomic E-state index is 0.309. The van der Waals surface area contributed by atoms with Crippen LogP contribution in [0.25, 0.3) is 0 Å². The lowest BCUT2D eigenvalue weighted by molar-refractivity contribution is 0.189. The highest BCUT2D eigenvalue weighted by Gasteiger charge is 2.25. The van der Waals surface area contributed by atoms with E-state index in [4.69, 9.17) is 0 Å². The standard InChI is InChI=1S/C13H21N3O/c17-9-10-1-2-12-7-15-13(16(12)8-10)11-3-5-14-6-4-11/h7,10-11,14,17H,1-6,8-9H2. The number of imidazole rings is 1. The third-order valence-corrected chi connectivity index (χ3v) is 4.18. The van der Waals surface area contributed by atoms with E-state index >= 15 is 0 Å². The Balaban J connectivity index is 1.83. The largest absolute Gasteiger partial charge is 0.396 e. The summed E-state index contributed by atoms with van der Waals surface area (Å²) in [4.78, 5) is 4.64. The van der Waals surface area contributed by atoms with Crippen LogP contribution in [-0.4, -0.2) is 34.4 Å². The van der Waals surface area contributed by atoms with Gasteiger partial charge in [0.25, 0.3) is 0 Å². The van der Waals surface area contributed by atoms with E-state index in [0.717, 1.165) is 32.5 Å². The lowest BCUT2D eigenvalue weighted by Gasteiger charge is -2.28. The summed E-state index contributed by atoms with van der Waals surface area (Å²) in [7, 11) is 0. The van der Waals surface area contributed by atoms with E-state index in [1.165, 1.54) is 24.4 Å². The molecule has 4 nitrogen and oxygen atoms in total. The third kappa shape index (κ3) is 2.11. The maximum atomic E-state index is 9.31. The molecule has 0 radical (unpaired) electrons. The molecular formula is C13H21N3O. The quantitative estimate of drug-likeness (QED) is 0.801. The molecule has 2 aliphatic rings. The van der Waals surface area contributed by atoms with Crippen molar-refractivity contribution in [2.24, 2.45) is 5.92 Å². The summed E-state index contributed by atoms with van der Waals surface area (Å²) < 4.78 is 2.38. The van der Waals surface area contributed by atoms with Crippen LogP contribution in [-0.2, 0) is 13.0 Å². The number of piperidine rings is 1. The molecule has 0 spiro atoms. The molecule has 1 aromatic heterocycles. The second kappa shape index (κ2) is 4.78. The van der Waals surface area contributed by atoms with Crippen LogP contribution in [0.3, 0.4) is 0 Å². The van der Waals surface area contributed by atoms with Crippen molar-refractivity contribution in [2.45, 2.75) is 38.1 Å². The first-order valence-corrected chi connectivity index (χ1v) is 6.74. The number of aliphatic hydroxyl groups is 1. The Labute approximate surface area is 102 Å². The van der Waals surface area contributed by atoms with Gasteiger partial charge in [-0.25, -0.2) is 4.98 Å². The van der Waals surface area contributed by atoms with Crippen LogP contribution in [0.15, 0.2) is 6.20 Å². The fourth-order valence-corrected chi connectivity index (χ4v) is 3.09. The lowest BCUT2D eigenvalue weighted by Crippen LogP contribution is -2.30. The summed E-state index contributed by atoms with van der Waals surface area (Å²) in [5.41, 5.74) is 1.36. The van der Waals surface area contributed by atoms with E-state index in [1.807, 2.05) is 6.20 Å². The molecule has 1 saturated heterocycles. The monoisotopic (exact) mass is 235 g/mol. The van der Waals surface area contributed by atoms with Crippen LogP contribution < -0.4 is 5.32 Å². The van der Waals surface area contributed by atoms with Crippen molar-refractivity contribution < 1.29 is 5.11 Å². The zero-order valence-corrected chi connectivity index (χ0v) is 10.2. The highest BCUT2D eigenvalue weighted by Crippen LogP contribution is 2.29. The van der Waals surface area contributed by atoms with Crippen molar-refractivity contribution in [2.75, 3.05) is 19.7 Å². The molecular weight excluding hydrogens is 214 g/mol. The Morgan fingerprint density at radius 3 is 2.94 bits per heavy atom. The smallest absolute Gasteiger partial charge is 0.112 e. The van der Waals surface area contributed by atoms with Crippen molar-refractivity contribution in [3.63, 3.8) is 0 Å². The molecule has 3 rings (SSSR count). The van der Waals surface area contributed by atoms with Gasteiger partial charge in [0.15, 0.2) is 0 Å². The number of hydrogen-bond acceptors (Lipinski definition) is 3. The number of rotatable bonds is 2. The van der Waals surface area contributed by atoms with E-state index < -0.39 is 0 Å². The zero-order valence-electron chi connectivity index (χ0n) is 10.2. The number of aromatic nitrogens is 2. The first-order chi connectivity index (χ1) is 8.38. The maximum absolute atomic E-state index is 9.31.